The SMILES string of the molecule is CCCCCCC1CCC(C(C)c2ccc(-c3ccc(F)nc3)cc2)CC1. The lowest BCUT2D eigenvalue weighted by molar-refractivity contribution is 0.236. The van der Waals surface area contributed by atoms with E-state index >= 15 is 0 Å². The Bertz CT molecular complexity index is 668. The molecule has 1 aromatic carbocycles. The molecule has 3 rings (SSSR count). The molecule has 0 spiro atoms. The summed E-state index contributed by atoms with van der Waals surface area (Å²) in [6.07, 6.45) is 14.2. The van der Waals surface area contributed by atoms with Gasteiger partial charge in [-0.05, 0) is 53.9 Å². The van der Waals surface area contributed by atoms with Gasteiger partial charge in [-0.3, -0.25) is 0 Å². The summed E-state index contributed by atoms with van der Waals surface area (Å²) in [6.45, 7) is 4.68. The second-order valence-corrected chi connectivity index (χ2v) is 8.41. The quantitative estimate of drug-likeness (QED) is 0.343. The van der Waals surface area contributed by atoms with Crippen molar-refractivity contribution >= 4 is 0 Å². The van der Waals surface area contributed by atoms with Crippen LogP contribution in [0.5, 0.6) is 0 Å². The van der Waals surface area contributed by atoms with Crippen LogP contribution in [0.1, 0.15) is 83.1 Å². The smallest absolute Gasteiger partial charge is 0.212 e. The molecular formula is C25H34FN. The lowest BCUT2D eigenvalue weighted by Crippen LogP contribution is -2.19. The monoisotopic (exact) mass is 367 g/mol. The van der Waals surface area contributed by atoms with Crippen molar-refractivity contribution in [1.82, 2.24) is 4.98 Å². The molecule has 0 N–H and O–H groups in total. The topological polar surface area (TPSA) is 12.9 Å². The molecule has 1 aliphatic rings. The predicted molar refractivity (Wildman–Crippen MR) is 112 cm³/mol. The minimum absolute atomic E-state index is 0.426. The van der Waals surface area contributed by atoms with E-state index in [-0.39, 0.29) is 0 Å². The molecule has 27 heavy (non-hydrogen) atoms. The number of unbranched alkanes of at least 4 members (excludes halogenated alkanes) is 3. The molecule has 1 aliphatic carbocycles. The number of hydrogen-bond acceptors (Lipinski definition) is 1. The van der Waals surface area contributed by atoms with Crippen molar-refractivity contribution < 1.29 is 4.39 Å². The van der Waals surface area contributed by atoms with E-state index in [1.165, 1.54) is 69.4 Å². The van der Waals surface area contributed by atoms with Gasteiger partial charge in [0.2, 0.25) is 5.95 Å². The summed E-state index contributed by atoms with van der Waals surface area (Å²) in [6, 6.07) is 12.0. The van der Waals surface area contributed by atoms with Crippen molar-refractivity contribution in [3.8, 4) is 11.1 Å². The van der Waals surface area contributed by atoms with Crippen LogP contribution in [-0.4, -0.2) is 4.98 Å². The number of pyridine rings is 1. The number of hydrogen-bond donors (Lipinski definition) is 0. The second-order valence-electron chi connectivity index (χ2n) is 8.41. The van der Waals surface area contributed by atoms with Crippen LogP contribution in [0.3, 0.4) is 0 Å². The number of aromatic nitrogens is 1. The van der Waals surface area contributed by atoms with Crippen LogP contribution in [0.25, 0.3) is 11.1 Å². The van der Waals surface area contributed by atoms with Gasteiger partial charge in [-0.1, -0.05) is 83.1 Å². The Labute approximate surface area is 164 Å². The van der Waals surface area contributed by atoms with Gasteiger partial charge in [0.1, 0.15) is 0 Å². The van der Waals surface area contributed by atoms with Crippen molar-refractivity contribution in [2.75, 3.05) is 0 Å². The molecule has 1 unspecified atom stereocenters. The lowest BCUT2D eigenvalue weighted by Gasteiger charge is -2.32. The predicted octanol–water partition coefficient (Wildman–Crippen LogP) is 7.77. The summed E-state index contributed by atoms with van der Waals surface area (Å²) in [7, 11) is 0. The van der Waals surface area contributed by atoms with Gasteiger partial charge in [0, 0.05) is 11.8 Å². The first-order valence-electron chi connectivity index (χ1n) is 10.9. The largest absolute Gasteiger partial charge is 0.228 e. The third-order valence-electron chi connectivity index (χ3n) is 6.56. The number of nitrogens with zero attached hydrogens (tertiary/aromatic N) is 1. The van der Waals surface area contributed by atoms with Gasteiger partial charge in [0.25, 0.3) is 0 Å². The van der Waals surface area contributed by atoms with Crippen LogP contribution in [0.4, 0.5) is 4.39 Å². The molecule has 146 valence electrons. The zero-order valence-corrected chi connectivity index (χ0v) is 17.0. The molecule has 0 radical (unpaired) electrons. The van der Waals surface area contributed by atoms with Crippen LogP contribution in [0.15, 0.2) is 42.6 Å². The van der Waals surface area contributed by atoms with Gasteiger partial charge >= 0.3 is 0 Å². The highest BCUT2D eigenvalue weighted by Crippen LogP contribution is 2.39. The van der Waals surface area contributed by atoms with Gasteiger partial charge in [-0.2, -0.15) is 4.39 Å². The third kappa shape index (κ3) is 5.64. The maximum Gasteiger partial charge on any atom is 0.212 e. The van der Waals surface area contributed by atoms with E-state index in [1.54, 1.807) is 12.3 Å². The molecule has 1 fully saturated rings. The van der Waals surface area contributed by atoms with E-state index in [9.17, 15) is 4.39 Å². The van der Waals surface area contributed by atoms with Gasteiger partial charge in [-0.15, -0.1) is 0 Å². The highest BCUT2D eigenvalue weighted by Gasteiger charge is 2.25. The molecule has 0 bridgehead atoms. The zero-order chi connectivity index (χ0) is 19.1. The van der Waals surface area contributed by atoms with Crippen molar-refractivity contribution in [3.05, 3.63) is 54.1 Å². The fourth-order valence-corrected chi connectivity index (χ4v) is 4.63. The van der Waals surface area contributed by atoms with Crippen molar-refractivity contribution in [2.24, 2.45) is 11.8 Å². The van der Waals surface area contributed by atoms with Crippen molar-refractivity contribution in [3.63, 3.8) is 0 Å². The van der Waals surface area contributed by atoms with Crippen LogP contribution < -0.4 is 0 Å². The van der Waals surface area contributed by atoms with Crippen molar-refractivity contribution in [1.29, 1.82) is 0 Å². The van der Waals surface area contributed by atoms with E-state index in [2.05, 4.69) is 43.1 Å². The van der Waals surface area contributed by atoms with Gasteiger partial charge in [-0.25, -0.2) is 4.98 Å². The molecule has 1 heterocycles. The van der Waals surface area contributed by atoms with Crippen LogP contribution in [0, 0.1) is 17.8 Å². The fourth-order valence-electron chi connectivity index (χ4n) is 4.63. The van der Waals surface area contributed by atoms with E-state index < -0.39 is 5.95 Å². The molecule has 1 aromatic heterocycles. The van der Waals surface area contributed by atoms with Gasteiger partial charge in [0.05, 0.1) is 0 Å². The normalized spacial score (nSPS) is 21.1. The molecular weight excluding hydrogens is 333 g/mol. The Hall–Kier alpha value is -1.70. The van der Waals surface area contributed by atoms with Gasteiger partial charge in [0.15, 0.2) is 0 Å². The van der Waals surface area contributed by atoms with Crippen LogP contribution in [0.2, 0.25) is 0 Å². The van der Waals surface area contributed by atoms with E-state index in [1.807, 2.05) is 0 Å². The minimum atomic E-state index is -0.426. The maximum absolute atomic E-state index is 13.0. The highest BCUT2D eigenvalue weighted by molar-refractivity contribution is 5.62. The standard InChI is InChI=1S/C25H34FN/c1-3-4-5-6-7-20-8-10-21(11-9-20)19(2)22-12-14-23(15-13-22)24-16-17-25(26)27-18-24/h12-21H,3-11H2,1-2H3. The van der Waals surface area contributed by atoms with Crippen molar-refractivity contribution in [2.45, 2.75) is 77.6 Å². The average molecular weight is 368 g/mol. The Morgan fingerprint density at radius 1 is 0.926 bits per heavy atom. The summed E-state index contributed by atoms with van der Waals surface area (Å²) < 4.78 is 13.0. The molecule has 2 heteroatoms. The molecule has 1 atom stereocenters. The minimum Gasteiger partial charge on any atom is -0.228 e. The van der Waals surface area contributed by atoms with E-state index in [0.29, 0.717) is 5.92 Å². The summed E-state index contributed by atoms with van der Waals surface area (Å²) in [5.41, 5.74) is 3.51. The lowest BCUT2D eigenvalue weighted by atomic mass is 9.73. The molecule has 1 saturated carbocycles. The Morgan fingerprint density at radius 3 is 2.26 bits per heavy atom. The first-order chi connectivity index (χ1) is 13.2. The average Bonchev–Trinajstić information content (AvgIpc) is 2.72. The van der Waals surface area contributed by atoms with Gasteiger partial charge < -0.3 is 0 Å². The zero-order valence-electron chi connectivity index (χ0n) is 17.0. The van der Waals surface area contributed by atoms with E-state index in [0.717, 1.165) is 23.0 Å². The van der Waals surface area contributed by atoms with E-state index in [4.69, 9.17) is 0 Å². The number of rotatable bonds is 8. The second kappa shape index (κ2) is 10.0. The number of benzene rings is 1. The van der Waals surface area contributed by atoms with Crippen LogP contribution in [-0.2, 0) is 0 Å². The summed E-state index contributed by atoms with van der Waals surface area (Å²) >= 11 is 0. The molecule has 0 saturated heterocycles. The summed E-state index contributed by atoms with van der Waals surface area (Å²) in [4.78, 5) is 3.76. The van der Waals surface area contributed by atoms with Crippen LogP contribution >= 0.6 is 0 Å². The molecule has 0 amide bonds. The summed E-state index contributed by atoms with van der Waals surface area (Å²) in [5.74, 6) is 1.98. The molecule has 0 aliphatic heterocycles. The number of halogens is 1. The highest BCUT2D eigenvalue weighted by atomic mass is 19.1. The first-order valence-corrected chi connectivity index (χ1v) is 10.9. The fraction of sp³-hybridized carbons (Fsp3) is 0.560. The Balaban J connectivity index is 1.51. The molecule has 2 aromatic rings. The molecule has 1 nitrogen and oxygen atoms in total. The third-order valence-corrected chi connectivity index (χ3v) is 6.56. The summed E-state index contributed by atoms with van der Waals surface area (Å²) in [5, 5.41) is 0. The maximum atomic E-state index is 13.0. The Kier molecular flexibility index (Phi) is 7.43. The first kappa shape index (κ1) is 20.0. The Morgan fingerprint density at radius 2 is 1.63 bits per heavy atom.